The molecule has 0 amide bonds. The van der Waals surface area contributed by atoms with Crippen LogP contribution in [0, 0.1) is 5.92 Å². The topological polar surface area (TPSA) is 118 Å². The van der Waals surface area contributed by atoms with E-state index >= 15 is 0 Å². The average molecular weight is 508 g/mol. The molecule has 1 saturated carbocycles. The first-order chi connectivity index (χ1) is 15.9. The Morgan fingerprint density at radius 3 is 2.18 bits per heavy atom. The Hall–Kier alpha value is -1.38. The lowest BCUT2D eigenvalue weighted by Gasteiger charge is -2.51. The van der Waals surface area contributed by atoms with E-state index in [4.69, 9.17) is 18.7 Å². The van der Waals surface area contributed by atoms with Crippen LogP contribution < -0.4 is 5.73 Å². The molecule has 0 aromatic carbocycles. The predicted molar refractivity (Wildman–Crippen MR) is 137 cm³/mol. The molecule has 4 rings (SSSR count). The Labute approximate surface area is 204 Å². The monoisotopic (exact) mass is 507 g/mol. The maximum absolute atomic E-state index is 11.6. The number of imidazole rings is 1. The molecule has 1 unspecified atom stereocenters. The molecule has 2 aromatic rings. The Morgan fingerprint density at radius 2 is 1.59 bits per heavy atom. The minimum atomic E-state index is -2.78. The first-order valence-electron chi connectivity index (χ1n) is 12.6. The molecule has 0 radical (unpaired) electrons. The summed E-state index contributed by atoms with van der Waals surface area (Å²) in [5.74, 6) is 0.389. The molecule has 190 valence electrons. The zero-order valence-corrected chi connectivity index (χ0v) is 23.7. The van der Waals surface area contributed by atoms with Crippen molar-refractivity contribution in [1.82, 2.24) is 19.5 Å². The molecule has 3 N–H and O–H groups in total. The van der Waals surface area contributed by atoms with Gasteiger partial charge in [-0.25, -0.2) is 15.0 Å². The molecule has 0 bridgehead atoms. The summed E-state index contributed by atoms with van der Waals surface area (Å²) in [4.78, 5) is 12.9. The van der Waals surface area contributed by atoms with Crippen molar-refractivity contribution >= 4 is 34.1 Å². The highest BCUT2D eigenvalue weighted by molar-refractivity contribution is 6.83. The first-order valence-corrected chi connectivity index (χ1v) is 16.5. The van der Waals surface area contributed by atoms with Gasteiger partial charge in [-0.15, -0.1) is 0 Å². The standard InChI is InChI=1S/C23H41N5O4Si2/c1-13(2)33(14(3)4)30-10-17-9-18(28-12-27-19-22(24)25-11-26-23(19)28)20(29)21(17)31-34(32-33,15(5)6)16(7)8/h11-18,20-21,29H,9-10H2,1-8H3,(H2,24,25,26)/t17-,18-,20-,21?/m1/s1. The summed E-state index contributed by atoms with van der Waals surface area (Å²) in [6.07, 6.45) is 2.75. The Morgan fingerprint density at radius 1 is 0.971 bits per heavy atom. The van der Waals surface area contributed by atoms with E-state index in [1.165, 1.54) is 6.33 Å². The summed E-state index contributed by atoms with van der Waals surface area (Å²) in [6.45, 7) is 18.2. The van der Waals surface area contributed by atoms with Gasteiger partial charge in [-0.05, 0) is 28.6 Å². The van der Waals surface area contributed by atoms with Crippen molar-refractivity contribution < 1.29 is 18.1 Å². The van der Waals surface area contributed by atoms with Crippen molar-refractivity contribution in [2.75, 3.05) is 12.3 Å². The number of nitrogens with zero attached hydrogens (tertiary/aromatic N) is 4. The van der Waals surface area contributed by atoms with Crippen LogP contribution in [-0.4, -0.2) is 60.6 Å². The van der Waals surface area contributed by atoms with E-state index in [2.05, 4.69) is 70.3 Å². The summed E-state index contributed by atoms with van der Waals surface area (Å²) in [7, 11) is -5.38. The predicted octanol–water partition coefficient (Wildman–Crippen LogP) is 4.29. The third kappa shape index (κ3) is 3.94. The van der Waals surface area contributed by atoms with Crippen molar-refractivity contribution in [1.29, 1.82) is 0 Å². The summed E-state index contributed by atoms with van der Waals surface area (Å²) in [6, 6.07) is -0.240. The fraction of sp³-hybridized carbons (Fsp3) is 0.783. The second kappa shape index (κ2) is 9.25. The zero-order valence-electron chi connectivity index (χ0n) is 21.7. The van der Waals surface area contributed by atoms with E-state index in [9.17, 15) is 5.11 Å². The van der Waals surface area contributed by atoms with Gasteiger partial charge >= 0.3 is 17.1 Å². The minimum absolute atomic E-state index is 0.0503. The summed E-state index contributed by atoms with van der Waals surface area (Å²) < 4.78 is 23.1. The number of hydrogen-bond acceptors (Lipinski definition) is 8. The van der Waals surface area contributed by atoms with Gasteiger partial charge in [0.25, 0.3) is 0 Å². The Balaban J connectivity index is 1.77. The molecule has 4 atom stereocenters. The van der Waals surface area contributed by atoms with Crippen molar-refractivity contribution in [3.8, 4) is 0 Å². The van der Waals surface area contributed by atoms with Crippen molar-refractivity contribution in [3.63, 3.8) is 0 Å². The van der Waals surface area contributed by atoms with E-state index in [-0.39, 0.29) is 40.2 Å². The van der Waals surface area contributed by atoms with Gasteiger partial charge in [-0.1, -0.05) is 55.4 Å². The smallest absolute Gasteiger partial charge is 0.335 e. The van der Waals surface area contributed by atoms with E-state index in [0.717, 1.165) is 0 Å². The SMILES string of the molecule is CC(C)[Si]1(C(C)C)OC[C@H]2C[C@@H](n3cnc4c(N)ncnc43)[C@@H](O)C2O[Si](C(C)C)(C(C)C)O1. The molecule has 9 nitrogen and oxygen atoms in total. The highest BCUT2D eigenvalue weighted by Gasteiger charge is 2.61. The molecule has 2 aromatic heterocycles. The molecular weight excluding hydrogens is 466 g/mol. The maximum Gasteiger partial charge on any atom is 0.335 e. The van der Waals surface area contributed by atoms with E-state index in [0.29, 0.717) is 30.0 Å². The highest BCUT2D eigenvalue weighted by Crippen LogP contribution is 2.50. The first kappa shape index (κ1) is 25.7. The number of aliphatic hydroxyl groups excluding tert-OH is 1. The van der Waals surface area contributed by atoms with Crippen molar-refractivity contribution in [3.05, 3.63) is 12.7 Å². The summed E-state index contributed by atoms with van der Waals surface area (Å²) in [5.41, 5.74) is 8.20. The Bertz CT molecular complexity index is 998. The molecule has 2 aliphatic rings. The van der Waals surface area contributed by atoms with Crippen LogP contribution in [0.25, 0.3) is 11.2 Å². The third-order valence-corrected chi connectivity index (χ3v) is 18.1. The second-order valence-corrected chi connectivity index (χ2v) is 20.0. The number of nitrogens with two attached hydrogens (primary N) is 1. The number of anilines is 1. The van der Waals surface area contributed by atoms with Gasteiger partial charge in [0, 0.05) is 12.5 Å². The number of rotatable bonds is 5. The molecule has 1 saturated heterocycles. The van der Waals surface area contributed by atoms with Crippen LogP contribution in [0.1, 0.15) is 67.9 Å². The van der Waals surface area contributed by atoms with E-state index in [1.54, 1.807) is 6.33 Å². The van der Waals surface area contributed by atoms with Gasteiger partial charge in [0.2, 0.25) is 0 Å². The van der Waals surface area contributed by atoms with E-state index < -0.39 is 23.2 Å². The van der Waals surface area contributed by atoms with Gasteiger partial charge in [-0.3, -0.25) is 0 Å². The Kier molecular flexibility index (Phi) is 6.99. The highest BCUT2D eigenvalue weighted by atomic mass is 28.5. The molecular formula is C23H41N5O4Si2. The summed E-state index contributed by atoms with van der Waals surface area (Å²) >= 11 is 0. The lowest BCUT2D eigenvalue weighted by atomic mass is 10.1. The van der Waals surface area contributed by atoms with Crippen LogP contribution in [0.4, 0.5) is 5.82 Å². The molecule has 11 heteroatoms. The molecule has 3 heterocycles. The van der Waals surface area contributed by atoms with Gasteiger partial charge in [0.05, 0.1) is 18.5 Å². The molecule has 2 fully saturated rings. The number of aromatic nitrogens is 4. The largest absolute Gasteiger partial charge is 0.414 e. The quantitative estimate of drug-likeness (QED) is 0.576. The average Bonchev–Trinajstić information content (AvgIpc) is 3.29. The van der Waals surface area contributed by atoms with Crippen LogP contribution in [0.2, 0.25) is 22.2 Å². The minimum Gasteiger partial charge on any atom is -0.414 e. The molecule has 34 heavy (non-hydrogen) atoms. The van der Waals surface area contributed by atoms with E-state index in [1.807, 2.05) is 4.57 Å². The van der Waals surface area contributed by atoms with Crippen LogP contribution >= 0.6 is 0 Å². The number of fused-ring (bicyclic) bond motifs is 2. The molecule has 0 spiro atoms. The van der Waals surface area contributed by atoms with Crippen LogP contribution in [0.3, 0.4) is 0 Å². The molecule has 1 aliphatic heterocycles. The second-order valence-electron chi connectivity index (χ2n) is 11.2. The van der Waals surface area contributed by atoms with Gasteiger partial charge < -0.3 is 28.4 Å². The van der Waals surface area contributed by atoms with Gasteiger partial charge in [0.15, 0.2) is 11.5 Å². The molecule has 1 aliphatic carbocycles. The maximum atomic E-state index is 11.6. The van der Waals surface area contributed by atoms with Crippen molar-refractivity contribution in [2.45, 2.75) is 102 Å². The van der Waals surface area contributed by atoms with Crippen LogP contribution in [0.15, 0.2) is 12.7 Å². The summed E-state index contributed by atoms with van der Waals surface area (Å²) in [5, 5.41) is 11.6. The number of hydrogen-bond donors (Lipinski definition) is 2. The zero-order chi connectivity index (χ0) is 25.0. The van der Waals surface area contributed by atoms with Crippen LogP contribution in [-0.2, 0) is 13.0 Å². The van der Waals surface area contributed by atoms with Crippen LogP contribution in [0.5, 0.6) is 0 Å². The lowest BCUT2D eigenvalue weighted by Crippen LogP contribution is -2.65. The lowest BCUT2D eigenvalue weighted by molar-refractivity contribution is -0.0241. The fourth-order valence-electron chi connectivity index (χ4n) is 5.96. The van der Waals surface area contributed by atoms with Crippen molar-refractivity contribution in [2.24, 2.45) is 5.92 Å². The third-order valence-electron chi connectivity index (χ3n) is 7.87. The number of nitrogen functional groups attached to an aromatic ring is 1. The van der Waals surface area contributed by atoms with Gasteiger partial charge in [0.1, 0.15) is 17.9 Å². The fourth-order valence-corrected chi connectivity index (χ4v) is 17.3. The van der Waals surface area contributed by atoms with Gasteiger partial charge in [-0.2, -0.15) is 0 Å². The normalized spacial score (nSPS) is 29.2. The number of aliphatic hydroxyl groups is 1.